The third-order valence-electron chi connectivity index (χ3n) is 2.79. The van der Waals surface area contributed by atoms with E-state index in [4.69, 9.17) is 11.6 Å². The molecule has 0 amide bonds. The lowest BCUT2D eigenvalue weighted by atomic mass is 10.1. The Bertz CT molecular complexity index is 586. The molecule has 0 saturated carbocycles. The summed E-state index contributed by atoms with van der Waals surface area (Å²) in [5, 5.41) is 0.589. The Hall–Kier alpha value is -1.13. The third kappa shape index (κ3) is 1.91. The minimum Gasteiger partial charge on any atom is -0.264 e. The molecule has 3 heterocycles. The summed E-state index contributed by atoms with van der Waals surface area (Å²) < 4.78 is 0. The molecule has 0 radical (unpaired) electrons. The number of hydrogen-bond acceptors (Lipinski definition) is 4. The molecule has 2 aromatic rings. The lowest BCUT2D eigenvalue weighted by Gasteiger charge is -2.06. The average molecular weight is 264 g/mol. The maximum absolute atomic E-state index is 6.20. The molecule has 17 heavy (non-hydrogen) atoms. The molecule has 0 atom stereocenters. The van der Waals surface area contributed by atoms with E-state index in [-0.39, 0.29) is 0 Å². The maximum atomic E-state index is 6.20. The van der Waals surface area contributed by atoms with Crippen molar-refractivity contribution < 1.29 is 0 Å². The van der Waals surface area contributed by atoms with E-state index in [0.29, 0.717) is 11.0 Å². The van der Waals surface area contributed by atoms with Gasteiger partial charge in [0.15, 0.2) is 5.82 Å². The topological polar surface area (TPSA) is 38.7 Å². The molecule has 2 aromatic heterocycles. The van der Waals surface area contributed by atoms with Crippen molar-refractivity contribution in [1.29, 1.82) is 0 Å². The van der Waals surface area contributed by atoms with Crippen LogP contribution in [0.3, 0.4) is 0 Å². The number of rotatable bonds is 1. The van der Waals surface area contributed by atoms with Crippen LogP contribution in [0.4, 0.5) is 0 Å². The summed E-state index contributed by atoms with van der Waals surface area (Å²) in [5.74, 6) is 2.55. The lowest BCUT2D eigenvalue weighted by Crippen LogP contribution is -1.98. The second-order valence-corrected chi connectivity index (χ2v) is 5.29. The van der Waals surface area contributed by atoms with E-state index in [2.05, 4.69) is 15.0 Å². The minimum absolute atomic E-state index is 0.589. The molecular weight excluding hydrogens is 254 g/mol. The van der Waals surface area contributed by atoms with Gasteiger partial charge in [0.2, 0.25) is 0 Å². The summed E-state index contributed by atoms with van der Waals surface area (Å²) in [6.45, 7) is 2.00. The molecule has 1 aliphatic rings. The second-order valence-electron chi connectivity index (χ2n) is 3.95. The monoisotopic (exact) mass is 263 g/mol. The van der Waals surface area contributed by atoms with Gasteiger partial charge in [-0.25, -0.2) is 9.97 Å². The maximum Gasteiger partial charge on any atom is 0.161 e. The van der Waals surface area contributed by atoms with Crippen LogP contribution in [0.2, 0.25) is 5.15 Å². The number of hydrogen-bond donors (Lipinski definition) is 0. The van der Waals surface area contributed by atoms with Gasteiger partial charge in [0, 0.05) is 35.0 Å². The Balaban J connectivity index is 2.17. The molecule has 5 heteroatoms. The van der Waals surface area contributed by atoms with E-state index in [1.54, 1.807) is 6.20 Å². The molecule has 0 bridgehead atoms. The molecule has 1 aliphatic heterocycles. The van der Waals surface area contributed by atoms with Gasteiger partial charge in [-0.2, -0.15) is 11.8 Å². The fourth-order valence-electron chi connectivity index (χ4n) is 1.86. The van der Waals surface area contributed by atoms with Crippen LogP contribution >= 0.6 is 23.4 Å². The van der Waals surface area contributed by atoms with Crippen molar-refractivity contribution in [3.8, 4) is 11.4 Å². The SMILES string of the molecule is Cc1cnccc1-c1nc(Cl)c2c(n1)CSC2. The molecule has 86 valence electrons. The first-order valence-electron chi connectivity index (χ1n) is 5.29. The summed E-state index contributed by atoms with van der Waals surface area (Å²) in [5.41, 5.74) is 4.23. The zero-order valence-corrected chi connectivity index (χ0v) is 10.8. The molecular formula is C12H10ClN3S. The Labute approximate surface area is 109 Å². The van der Waals surface area contributed by atoms with E-state index in [1.807, 2.05) is 30.9 Å². The van der Waals surface area contributed by atoms with Gasteiger partial charge >= 0.3 is 0 Å². The number of aromatic nitrogens is 3. The van der Waals surface area contributed by atoms with Gasteiger partial charge in [0.25, 0.3) is 0 Å². The van der Waals surface area contributed by atoms with Gasteiger partial charge in [-0.05, 0) is 18.6 Å². The number of nitrogens with zero attached hydrogens (tertiary/aromatic N) is 3. The molecule has 0 fully saturated rings. The molecule has 3 nitrogen and oxygen atoms in total. The van der Waals surface area contributed by atoms with Crippen LogP contribution in [-0.2, 0) is 11.5 Å². The number of fused-ring (bicyclic) bond motifs is 1. The highest BCUT2D eigenvalue weighted by molar-refractivity contribution is 7.98. The van der Waals surface area contributed by atoms with Crippen LogP contribution in [0.1, 0.15) is 16.8 Å². The highest BCUT2D eigenvalue weighted by Crippen LogP contribution is 2.34. The number of thioether (sulfide) groups is 1. The van der Waals surface area contributed by atoms with Crippen molar-refractivity contribution in [2.24, 2.45) is 0 Å². The lowest BCUT2D eigenvalue weighted by molar-refractivity contribution is 1.07. The van der Waals surface area contributed by atoms with E-state index in [9.17, 15) is 0 Å². The smallest absolute Gasteiger partial charge is 0.161 e. The highest BCUT2D eigenvalue weighted by Gasteiger charge is 2.19. The fraction of sp³-hybridized carbons (Fsp3) is 0.250. The second kappa shape index (κ2) is 4.27. The quantitative estimate of drug-likeness (QED) is 0.741. The van der Waals surface area contributed by atoms with E-state index in [1.165, 1.54) is 0 Å². The largest absolute Gasteiger partial charge is 0.264 e. The van der Waals surface area contributed by atoms with E-state index in [0.717, 1.165) is 33.9 Å². The zero-order valence-electron chi connectivity index (χ0n) is 9.27. The highest BCUT2D eigenvalue weighted by atomic mass is 35.5. The van der Waals surface area contributed by atoms with Gasteiger partial charge < -0.3 is 0 Å². The predicted molar refractivity (Wildman–Crippen MR) is 70.0 cm³/mol. The van der Waals surface area contributed by atoms with Crippen molar-refractivity contribution in [3.63, 3.8) is 0 Å². The van der Waals surface area contributed by atoms with Crippen molar-refractivity contribution >= 4 is 23.4 Å². The normalized spacial score (nSPS) is 13.8. The van der Waals surface area contributed by atoms with Crippen LogP contribution < -0.4 is 0 Å². The average Bonchev–Trinajstić information content (AvgIpc) is 2.78. The standard InChI is InChI=1S/C12H10ClN3S/c1-7-4-14-3-2-8(7)12-15-10-6-17-5-9(10)11(13)16-12/h2-4H,5-6H2,1H3. The van der Waals surface area contributed by atoms with Crippen molar-refractivity contribution in [1.82, 2.24) is 15.0 Å². The third-order valence-corrected chi connectivity index (χ3v) is 4.07. The Kier molecular flexibility index (Phi) is 2.76. The summed E-state index contributed by atoms with van der Waals surface area (Å²) in [6, 6.07) is 1.93. The van der Waals surface area contributed by atoms with Crippen molar-refractivity contribution in [2.45, 2.75) is 18.4 Å². The van der Waals surface area contributed by atoms with E-state index < -0.39 is 0 Å². The summed E-state index contributed by atoms with van der Waals surface area (Å²) in [7, 11) is 0. The molecule has 0 spiro atoms. The molecule has 0 N–H and O–H groups in total. The Morgan fingerprint density at radius 1 is 1.29 bits per heavy atom. The molecule has 0 aromatic carbocycles. The minimum atomic E-state index is 0.589. The van der Waals surface area contributed by atoms with Gasteiger partial charge in [0.1, 0.15) is 5.15 Å². The van der Waals surface area contributed by atoms with Crippen LogP contribution in [0.15, 0.2) is 18.5 Å². The molecule has 3 rings (SSSR count). The fourth-order valence-corrected chi connectivity index (χ4v) is 3.23. The zero-order chi connectivity index (χ0) is 11.8. The van der Waals surface area contributed by atoms with Crippen molar-refractivity contribution in [3.05, 3.63) is 40.4 Å². The first kappa shape index (κ1) is 11.0. The first-order valence-corrected chi connectivity index (χ1v) is 6.83. The van der Waals surface area contributed by atoms with Gasteiger partial charge in [-0.1, -0.05) is 11.6 Å². The van der Waals surface area contributed by atoms with Crippen LogP contribution in [-0.4, -0.2) is 15.0 Å². The van der Waals surface area contributed by atoms with E-state index >= 15 is 0 Å². The molecule has 0 saturated heterocycles. The van der Waals surface area contributed by atoms with Gasteiger partial charge in [-0.15, -0.1) is 0 Å². The number of halogens is 1. The van der Waals surface area contributed by atoms with Crippen molar-refractivity contribution in [2.75, 3.05) is 0 Å². The predicted octanol–water partition coefficient (Wildman–Crippen LogP) is 3.25. The molecule has 0 aliphatic carbocycles. The van der Waals surface area contributed by atoms with Crippen LogP contribution in [0.25, 0.3) is 11.4 Å². The van der Waals surface area contributed by atoms with Gasteiger partial charge in [0.05, 0.1) is 5.69 Å². The van der Waals surface area contributed by atoms with Crippen LogP contribution in [0.5, 0.6) is 0 Å². The van der Waals surface area contributed by atoms with Gasteiger partial charge in [-0.3, -0.25) is 4.98 Å². The summed E-state index contributed by atoms with van der Waals surface area (Å²) in [6.07, 6.45) is 3.57. The molecule has 0 unspecified atom stereocenters. The number of aryl methyl sites for hydroxylation is 1. The van der Waals surface area contributed by atoms with Crippen LogP contribution in [0, 0.1) is 6.92 Å². The summed E-state index contributed by atoms with van der Waals surface area (Å²) >= 11 is 8.02. The first-order chi connectivity index (χ1) is 8.25. The Morgan fingerprint density at radius 2 is 2.18 bits per heavy atom. The number of pyridine rings is 1. The Morgan fingerprint density at radius 3 is 3.00 bits per heavy atom. The summed E-state index contributed by atoms with van der Waals surface area (Å²) in [4.78, 5) is 13.1.